The lowest BCUT2D eigenvalue weighted by Crippen LogP contribution is -2.33. The number of rotatable bonds is 9. The Morgan fingerprint density at radius 3 is 2.65 bits per heavy atom. The van der Waals surface area contributed by atoms with E-state index in [1.807, 2.05) is 19.2 Å². The molecule has 0 saturated heterocycles. The van der Waals surface area contributed by atoms with Crippen LogP contribution in [0.15, 0.2) is 24.3 Å². The molecule has 4 heteroatoms. The summed E-state index contributed by atoms with van der Waals surface area (Å²) in [6.07, 6.45) is 0.293. The van der Waals surface area contributed by atoms with Crippen molar-refractivity contribution >= 4 is 0 Å². The molecule has 1 atom stereocenters. The van der Waals surface area contributed by atoms with E-state index in [2.05, 4.69) is 43.2 Å². The Hall–Kier alpha value is -1.10. The standard InChI is InChI=1S/C16H28N2O2/c1-13(2)20-10-9-18(4)12-16(17-3)14-7-6-8-15(11-14)19-5/h6-8,11,13,16-17H,9-10,12H2,1-5H3. The highest BCUT2D eigenvalue weighted by atomic mass is 16.5. The summed E-state index contributed by atoms with van der Waals surface area (Å²) in [7, 11) is 5.81. The molecule has 1 rings (SSSR count). The summed E-state index contributed by atoms with van der Waals surface area (Å²) in [4.78, 5) is 2.28. The van der Waals surface area contributed by atoms with Crippen LogP contribution in [0.25, 0.3) is 0 Å². The molecular formula is C16H28N2O2. The van der Waals surface area contributed by atoms with E-state index >= 15 is 0 Å². The smallest absolute Gasteiger partial charge is 0.119 e. The van der Waals surface area contributed by atoms with Crippen molar-refractivity contribution in [2.75, 3.05) is 40.9 Å². The van der Waals surface area contributed by atoms with Gasteiger partial charge in [0.1, 0.15) is 5.75 Å². The first-order chi connectivity index (χ1) is 9.56. The van der Waals surface area contributed by atoms with Crippen LogP contribution in [0, 0.1) is 0 Å². The van der Waals surface area contributed by atoms with Crippen molar-refractivity contribution in [3.63, 3.8) is 0 Å². The topological polar surface area (TPSA) is 33.7 Å². The molecule has 0 heterocycles. The van der Waals surface area contributed by atoms with Crippen molar-refractivity contribution in [3.05, 3.63) is 29.8 Å². The largest absolute Gasteiger partial charge is 0.497 e. The van der Waals surface area contributed by atoms with Crippen molar-refractivity contribution in [3.8, 4) is 5.75 Å². The van der Waals surface area contributed by atoms with E-state index in [4.69, 9.17) is 9.47 Å². The molecule has 0 aliphatic rings. The van der Waals surface area contributed by atoms with Crippen LogP contribution in [0.1, 0.15) is 25.5 Å². The molecule has 1 N–H and O–H groups in total. The quantitative estimate of drug-likeness (QED) is 0.752. The van der Waals surface area contributed by atoms with E-state index in [1.54, 1.807) is 7.11 Å². The van der Waals surface area contributed by atoms with Gasteiger partial charge >= 0.3 is 0 Å². The second-order valence-electron chi connectivity index (χ2n) is 5.30. The molecule has 1 aromatic rings. The molecular weight excluding hydrogens is 252 g/mol. The fourth-order valence-corrected chi connectivity index (χ4v) is 2.07. The fourth-order valence-electron chi connectivity index (χ4n) is 2.07. The van der Waals surface area contributed by atoms with Gasteiger partial charge in [-0.05, 0) is 45.6 Å². The normalized spacial score (nSPS) is 12.9. The minimum atomic E-state index is 0.286. The first-order valence-corrected chi connectivity index (χ1v) is 7.18. The third-order valence-electron chi connectivity index (χ3n) is 3.26. The molecule has 0 aromatic heterocycles. The van der Waals surface area contributed by atoms with Crippen LogP contribution in [0.3, 0.4) is 0 Å². The zero-order valence-electron chi connectivity index (χ0n) is 13.3. The Kier molecular flexibility index (Phi) is 7.59. The van der Waals surface area contributed by atoms with Gasteiger partial charge in [-0.25, -0.2) is 0 Å². The summed E-state index contributed by atoms with van der Waals surface area (Å²) < 4.78 is 10.9. The van der Waals surface area contributed by atoms with Gasteiger partial charge < -0.3 is 19.7 Å². The summed E-state index contributed by atoms with van der Waals surface area (Å²) >= 11 is 0. The highest BCUT2D eigenvalue weighted by Gasteiger charge is 2.12. The lowest BCUT2D eigenvalue weighted by molar-refractivity contribution is 0.0624. The zero-order valence-corrected chi connectivity index (χ0v) is 13.3. The zero-order chi connectivity index (χ0) is 15.0. The average Bonchev–Trinajstić information content (AvgIpc) is 2.44. The molecule has 114 valence electrons. The molecule has 4 nitrogen and oxygen atoms in total. The Labute approximate surface area is 123 Å². The van der Waals surface area contributed by atoms with Gasteiger partial charge in [0.25, 0.3) is 0 Å². The molecule has 0 saturated carbocycles. The van der Waals surface area contributed by atoms with Crippen molar-refractivity contribution in [1.29, 1.82) is 0 Å². The first kappa shape index (κ1) is 17.0. The van der Waals surface area contributed by atoms with Crippen molar-refractivity contribution in [2.24, 2.45) is 0 Å². The molecule has 0 bridgehead atoms. The summed E-state index contributed by atoms with van der Waals surface area (Å²) in [5, 5.41) is 3.36. The van der Waals surface area contributed by atoms with Gasteiger partial charge in [-0.2, -0.15) is 0 Å². The van der Waals surface area contributed by atoms with Gasteiger partial charge in [0.05, 0.1) is 19.8 Å². The summed E-state index contributed by atoms with van der Waals surface area (Å²) in [5.74, 6) is 0.897. The van der Waals surface area contributed by atoms with Gasteiger partial charge in [-0.15, -0.1) is 0 Å². The van der Waals surface area contributed by atoms with Gasteiger partial charge in [0.15, 0.2) is 0 Å². The number of methoxy groups -OCH3 is 1. The summed E-state index contributed by atoms with van der Waals surface area (Å²) in [5.41, 5.74) is 1.24. The van der Waals surface area contributed by atoms with E-state index < -0.39 is 0 Å². The number of hydrogen-bond donors (Lipinski definition) is 1. The Balaban J connectivity index is 2.53. The number of likely N-dealkylation sites (N-methyl/N-ethyl adjacent to an activating group) is 2. The molecule has 1 aromatic carbocycles. The van der Waals surface area contributed by atoms with Crippen molar-refractivity contribution in [1.82, 2.24) is 10.2 Å². The maximum Gasteiger partial charge on any atom is 0.119 e. The molecule has 1 unspecified atom stereocenters. The van der Waals surface area contributed by atoms with Crippen LogP contribution in [0.4, 0.5) is 0 Å². The van der Waals surface area contributed by atoms with E-state index in [1.165, 1.54) is 5.56 Å². The van der Waals surface area contributed by atoms with Crippen LogP contribution in [-0.4, -0.2) is 51.9 Å². The lowest BCUT2D eigenvalue weighted by Gasteiger charge is -2.24. The third kappa shape index (κ3) is 5.90. The molecule has 20 heavy (non-hydrogen) atoms. The van der Waals surface area contributed by atoms with Gasteiger partial charge in [-0.3, -0.25) is 0 Å². The molecule has 0 fully saturated rings. The minimum absolute atomic E-state index is 0.286. The van der Waals surface area contributed by atoms with E-state index in [0.29, 0.717) is 6.10 Å². The van der Waals surface area contributed by atoms with Crippen LogP contribution in [-0.2, 0) is 4.74 Å². The van der Waals surface area contributed by atoms with Crippen LogP contribution >= 0.6 is 0 Å². The first-order valence-electron chi connectivity index (χ1n) is 7.18. The Bertz CT molecular complexity index is 382. The van der Waals surface area contributed by atoms with Crippen molar-refractivity contribution in [2.45, 2.75) is 26.0 Å². The van der Waals surface area contributed by atoms with E-state index in [-0.39, 0.29) is 6.04 Å². The monoisotopic (exact) mass is 280 g/mol. The number of nitrogens with zero attached hydrogens (tertiary/aromatic N) is 1. The number of hydrogen-bond acceptors (Lipinski definition) is 4. The highest BCUT2D eigenvalue weighted by Crippen LogP contribution is 2.19. The second kappa shape index (κ2) is 8.95. The average molecular weight is 280 g/mol. The van der Waals surface area contributed by atoms with Crippen LogP contribution in [0.5, 0.6) is 5.75 Å². The minimum Gasteiger partial charge on any atom is -0.497 e. The van der Waals surface area contributed by atoms with Gasteiger partial charge in [0.2, 0.25) is 0 Å². The maximum absolute atomic E-state index is 5.59. The number of nitrogens with one attached hydrogen (secondary N) is 1. The summed E-state index contributed by atoms with van der Waals surface area (Å²) in [6.45, 7) is 6.76. The number of benzene rings is 1. The maximum atomic E-state index is 5.59. The third-order valence-corrected chi connectivity index (χ3v) is 3.26. The lowest BCUT2D eigenvalue weighted by atomic mass is 10.1. The SMILES string of the molecule is CNC(CN(C)CCOC(C)C)c1cccc(OC)c1. The van der Waals surface area contributed by atoms with E-state index in [0.717, 1.165) is 25.4 Å². The van der Waals surface area contributed by atoms with Gasteiger partial charge in [-0.1, -0.05) is 12.1 Å². The Morgan fingerprint density at radius 2 is 2.05 bits per heavy atom. The Morgan fingerprint density at radius 1 is 1.30 bits per heavy atom. The molecule has 0 spiro atoms. The molecule has 0 radical (unpaired) electrons. The molecule has 0 aliphatic carbocycles. The molecule has 0 amide bonds. The highest BCUT2D eigenvalue weighted by molar-refractivity contribution is 5.30. The number of ether oxygens (including phenoxy) is 2. The van der Waals surface area contributed by atoms with Crippen molar-refractivity contribution < 1.29 is 9.47 Å². The molecule has 0 aliphatic heterocycles. The predicted molar refractivity (Wildman–Crippen MR) is 83.4 cm³/mol. The fraction of sp³-hybridized carbons (Fsp3) is 0.625. The van der Waals surface area contributed by atoms with E-state index in [9.17, 15) is 0 Å². The second-order valence-corrected chi connectivity index (χ2v) is 5.30. The predicted octanol–water partition coefficient (Wildman–Crippen LogP) is 2.31. The van der Waals surface area contributed by atoms with Crippen LogP contribution < -0.4 is 10.1 Å². The van der Waals surface area contributed by atoms with Crippen LogP contribution in [0.2, 0.25) is 0 Å². The van der Waals surface area contributed by atoms with Gasteiger partial charge in [0, 0.05) is 19.1 Å². The summed E-state index contributed by atoms with van der Waals surface area (Å²) in [6, 6.07) is 8.49.